The van der Waals surface area contributed by atoms with E-state index in [2.05, 4.69) is 4.90 Å². The summed E-state index contributed by atoms with van der Waals surface area (Å²) in [5.41, 5.74) is 0.885. The Morgan fingerprint density at radius 3 is 2.84 bits per heavy atom. The lowest BCUT2D eigenvalue weighted by molar-refractivity contribution is -0.135. The first-order chi connectivity index (χ1) is 12.0. The molecular formula is C19H27FN2O3. The molecule has 0 radical (unpaired) electrons. The molecule has 6 heteroatoms. The van der Waals surface area contributed by atoms with Crippen LogP contribution in [0, 0.1) is 5.82 Å². The Morgan fingerprint density at radius 1 is 1.40 bits per heavy atom. The van der Waals surface area contributed by atoms with Gasteiger partial charge in [0.1, 0.15) is 12.4 Å². The smallest absolute Gasteiger partial charge is 0.248 e. The zero-order valence-corrected chi connectivity index (χ0v) is 15.0. The number of ether oxygens (including phenoxy) is 2. The summed E-state index contributed by atoms with van der Waals surface area (Å²) in [7, 11) is 3.46. The highest BCUT2D eigenvalue weighted by atomic mass is 19.1. The molecule has 25 heavy (non-hydrogen) atoms. The van der Waals surface area contributed by atoms with E-state index in [1.807, 2.05) is 6.07 Å². The molecule has 0 N–H and O–H groups in total. The second-order valence-corrected chi connectivity index (χ2v) is 7.33. The number of piperidine rings is 1. The van der Waals surface area contributed by atoms with Crippen LogP contribution in [0.25, 0.3) is 0 Å². The maximum atomic E-state index is 13.3. The van der Waals surface area contributed by atoms with Gasteiger partial charge in [-0.2, -0.15) is 0 Å². The second kappa shape index (κ2) is 7.81. The van der Waals surface area contributed by atoms with Crippen molar-refractivity contribution in [3.8, 4) is 0 Å². The predicted octanol–water partition coefficient (Wildman–Crippen LogP) is 2.05. The molecule has 2 saturated heterocycles. The van der Waals surface area contributed by atoms with E-state index in [0.717, 1.165) is 44.5 Å². The molecule has 1 atom stereocenters. The van der Waals surface area contributed by atoms with Crippen molar-refractivity contribution in [1.82, 2.24) is 9.80 Å². The Hall–Kier alpha value is -1.50. The van der Waals surface area contributed by atoms with Gasteiger partial charge >= 0.3 is 0 Å². The Balaban J connectivity index is 1.45. The van der Waals surface area contributed by atoms with Gasteiger partial charge in [0.15, 0.2) is 0 Å². The van der Waals surface area contributed by atoms with Crippen LogP contribution in [0.5, 0.6) is 0 Å². The molecule has 0 unspecified atom stereocenters. The Kier molecular flexibility index (Phi) is 5.71. The third-order valence-corrected chi connectivity index (χ3v) is 5.18. The topological polar surface area (TPSA) is 42.0 Å². The van der Waals surface area contributed by atoms with Gasteiger partial charge in [-0.05, 0) is 30.5 Å². The van der Waals surface area contributed by atoms with E-state index in [1.54, 1.807) is 26.2 Å². The molecule has 1 aromatic rings. The van der Waals surface area contributed by atoms with Crippen LogP contribution in [0.15, 0.2) is 24.3 Å². The van der Waals surface area contributed by atoms with Crippen LogP contribution in [0.3, 0.4) is 0 Å². The van der Waals surface area contributed by atoms with E-state index in [-0.39, 0.29) is 30.0 Å². The number of rotatable bonds is 5. The lowest BCUT2D eigenvalue weighted by Gasteiger charge is -2.38. The predicted molar refractivity (Wildman–Crippen MR) is 92.6 cm³/mol. The molecule has 2 heterocycles. The molecular weight excluding hydrogens is 323 g/mol. The van der Waals surface area contributed by atoms with Gasteiger partial charge in [0, 0.05) is 40.2 Å². The summed E-state index contributed by atoms with van der Waals surface area (Å²) in [6.45, 7) is 3.30. The number of carbonyl (C=O) groups is 1. The average Bonchev–Trinajstić information content (AvgIpc) is 2.98. The molecule has 0 saturated carbocycles. The van der Waals surface area contributed by atoms with E-state index in [9.17, 15) is 9.18 Å². The first-order valence-electron chi connectivity index (χ1n) is 8.88. The quantitative estimate of drug-likeness (QED) is 0.815. The van der Waals surface area contributed by atoms with Crippen LogP contribution in [0.2, 0.25) is 0 Å². The fourth-order valence-electron chi connectivity index (χ4n) is 3.59. The number of carbonyl (C=O) groups excluding carboxylic acids is 1. The van der Waals surface area contributed by atoms with Crippen LogP contribution in [-0.4, -0.2) is 67.8 Å². The Bertz CT molecular complexity index is 600. The van der Waals surface area contributed by atoms with E-state index in [4.69, 9.17) is 9.47 Å². The van der Waals surface area contributed by atoms with Crippen molar-refractivity contribution < 1.29 is 18.7 Å². The molecule has 2 fully saturated rings. The third-order valence-electron chi connectivity index (χ3n) is 5.18. The number of hydrogen-bond donors (Lipinski definition) is 0. The number of likely N-dealkylation sites (N-methyl/N-ethyl adjacent to an activating group) is 1. The van der Waals surface area contributed by atoms with E-state index >= 15 is 0 Å². The highest BCUT2D eigenvalue weighted by molar-refractivity contribution is 5.76. The summed E-state index contributed by atoms with van der Waals surface area (Å²) in [6.07, 6.45) is 2.74. The minimum Gasteiger partial charge on any atom is -0.372 e. The maximum Gasteiger partial charge on any atom is 0.248 e. The van der Waals surface area contributed by atoms with Crippen LogP contribution >= 0.6 is 0 Å². The molecule has 1 amide bonds. The molecule has 138 valence electrons. The summed E-state index contributed by atoms with van der Waals surface area (Å²) >= 11 is 0. The van der Waals surface area contributed by atoms with Crippen molar-refractivity contribution in [2.45, 2.75) is 37.5 Å². The number of hydrogen-bond acceptors (Lipinski definition) is 4. The Labute approximate surface area is 148 Å². The molecule has 1 spiro atoms. The van der Waals surface area contributed by atoms with Crippen molar-refractivity contribution in [3.05, 3.63) is 35.6 Å². The third kappa shape index (κ3) is 4.77. The van der Waals surface area contributed by atoms with Crippen molar-refractivity contribution in [2.75, 3.05) is 40.4 Å². The minimum absolute atomic E-state index is 0.00123. The first kappa shape index (κ1) is 18.3. The molecule has 0 aliphatic carbocycles. The van der Waals surface area contributed by atoms with Gasteiger partial charge in [0.2, 0.25) is 5.91 Å². The summed E-state index contributed by atoms with van der Waals surface area (Å²) in [5.74, 6) is -0.205. The van der Waals surface area contributed by atoms with Crippen molar-refractivity contribution in [1.29, 1.82) is 0 Å². The summed E-state index contributed by atoms with van der Waals surface area (Å²) in [4.78, 5) is 15.5. The second-order valence-electron chi connectivity index (χ2n) is 7.33. The zero-order valence-electron chi connectivity index (χ0n) is 15.0. The fraction of sp³-hybridized carbons (Fsp3) is 0.632. The maximum absolute atomic E-state index is 13.3. The number of halogens is 1. The monoisotopic (exact) mass is 350 g/mol. The molecule has 2 aliphatic heterocycles. The van der Waals surface area contributed by atoms with Gasteiger partial charge in [-0.1, -0.05) is 12.1 Å². The van der Waals surface area contributed by atoms with Gasteiger partial charge in [-0.15, -0.1) is 0 Å². The van der Waals surface area contributed by atoms with Crippen LogP contribution in [0.1, 0.15) is 24.8 Å². The van der Waals surface area contributed by atoms with Crippen molar-refractivity contribution >= 4 is 5.91 Å². The average molecular weight is 350 g/mol. The highest BCUT2D eigenvalue weighted by Gasteiger charge is 2.43. The molecule has 0 bridgehead atoms. The first-order valence-corrected chi connectivity index (χ1v) is 8.88. The van der Waals surface area contributed by atoms with Crippen molar-refractivity contribution in [3.63, 3.8) is 0 Å². The SMILES string of the molecule is CN(C)C(=O)CO[C@@H]1COC2(CCN(Cc3cccc(F)c3)CC2)C1. The standard InChI is InChI=1S/C19H27FN2O3/c1-21(2)18(23)14-24-17-11-19(25-13-17)6-8-22(9-7-19)12-15-4-3-5-16(20)10-15/h3-5,10,17H,6-9,11-14H2,1-2H3/t17-/m0/s1. The van der Waals surface area contributed by atoms with Crippen molar-refractivity contribution in [2.24, 2.45) is 0 Å². The molecule has 0 aromatic heterocycles. The van der Waals surface area contributed by atoms with Gasteiger partial charge in [-0.3, -0.25) is 9.69 Å². The largest absolute Gasteiger partial charge is 0.372 e. The highest BCUT2D eigenvalue weighted by Crippen LogP contribution is 2.37. The number of likely N-dealkylation sites (tertiary alicyclic amines) is 1. The van der Waals surface area contributed by atoms with E-state index in [0.29, 0.717) is 6.61 Å². The minimum atomic E-state index is -0.183. The zero-order chi connectivity index (χ0) is 17.9. The number of benzene rings is 1. The van der Waals surface area contributed by atoms with Crippen LogP contribution in [-0.2, 0) is 20.8 Å². The summed E-state index contributed by atoms with van der Waals surface area (Å²) in [5, 5.41) is 0. The number of amides is 1. The van der Waals surface area contributed by atoms with Crippen LogP contribution < -0.4 is 0 Å². The Morgan fingerprint density at radius 2 is 2.16 bits per heavy atom. The molecule has 2 aliphatic rings. The van der Waals surface area contributed by atoms with Gasteiger partial charge in [0.05, 0.1) is 18.3 Å². The fourth-order valence-corrected chi connectivity index (χ4v) is 3.59. The summed E-state index contributed by atoms with van der Waals surface area (Å²) < 4.78 is 25.1. The van der Waals surface area contributed by atoms with E-state index in [1.165, 1.54) is 11.0 Å². The van der Waals surface area contributed by atoms with Gasteiger partial charge in [0.25, 0.3) is 0 Å². The van der Waals surface area contributed by atoms with Gasteiger partial charge in [-0.25, -0.2) is 4.39 Å². The van der Waals surface area contributed by atoms with E-state index < -0.39 is 0 Å². The summed E-state index contributed by atoms with van der Waals surface area (Å²) in [6, 6.07) is 6.79. The number of nitrogens with zero attached hydrogens (tertiary/aromatic N) is 2. The van der Waals surface area contributed by atoms with Gasteiger partial charge < -0.3 is 14.4 Å². The molecule has 1 aromatic carbocycles. The normalized spacial score (nSPS) is 23.1. The lowest BCUT2D eigenvalue weighted by atomic mass is 9.88. The van der Waals surface area contributed by atoms with Crippen LogP contribution in [0.4, 0.5) is 4.39 Å². The lowest BCUT2D eigenvalue weighted by Crippen LogP contribution is -2.44. The molecule has 3 rings (SSSR count). The molecule has 5 nitrogen and oxygen atoms in total.